The first kappa shape index (κ1) is 16.7. The Labute approximate surface area is 154 Å². The Morgan fingerprint density at radius 2 is 1.65 bits per heavy atom. The van der Waals surface area contributed by atoms with E-state index in [2.05, 4.69) is 5.10 Å². The minimum absolute atomic E-state index is 0. The number of aromatic nitrogens is 2. The van der Waals surface area contributed by atoms with Gasteiger partial charge in [-0.25, -0.2) is 0 Å². The van der Waals surface area contributed by atoms with Gasteiger partial charge in [0.1, 0.15) is 0 Å². The van der Waals surface area contributed by atoms with E-state index in [1.54, 1.807) is 0 Å². The maximum atomic E-state index is 11.8. The molecular weight excluding hydrogens is 295 g/mol. The van der Waals surface area contributed by atoms with Crippen LogP contribution in [-0.2, 0) is 0 Å². The number of nitro benzene ring substituents is 1. The van der Waals surface area contributed by atoms with Crippen LogP contribution in [0.3, 0.4) is 0 Å². The number of aryl methyl sites for hydroxylation is 1. The number of hydrogen-bond donors (Lipinski definition) is 0. The van der Waals surface area contributed by atoms with E-state index in [-0.39, 0.29) is 68.5 Å². The zero-order valence-electron chi connectivity index (χ0n) is 10.6. The van der Waals surface area contributed by atoms with Gasteiger partial charge in [-0.2, -0.15) is 0 Å². The van der Waals surface area contributed by atoms with Crippen molar-refractivity contribution < 1.29 is 61.2 Å². The number of nitrogens with zero attached hydrogens (tertiary/aromatic N) is 4. The van der Waals surface area contributed by atoms with Gasteiger partial charge >= 0.3 is 62.6 Å². The van der Waals surface area contributed by atoms with Gasteiger partial charge in [0.05, 0.1) is 9.85 Å². The molecule has 0 aliphatic carbocycles. The van der Waals surface area contributed by atoms with Gasteiger partial charge in [0.2, 0.25) is 0 Å². The molecule has 1 heterocycles. The first-order chi connectivity index (χ1) is 8.91. The van der Waals surface area contributed by atoms with Gasteiger partial charge in [-0.3, -0.25) is 25.0 Å². The predicted octanol–water partition coefficient (Wildman–Crippen LogP) is -2.08. The molecule has 0 saturated heterocycles. The third kappa shape index (κ3) is 3.04. The van der Waals surface area contributed by atoms with Gasteiger partial charge in [-0.15, -0.1) is 0 Å². The molecule has 0 N–H and O–H groups in total. The molecule has 0 aliphatic heterocycles. The van der Waals surface area contributed by atoms with Crippen molar-refractivity contribution in [3.05, 3.63) is 60.5 Å². The summed E-state index contributed by atoms with van der Waals surface area (Å²) in [5, 5.41) is 25.0. The number of non-ortho nitro benzene ring substituents is 1. The summed E-state index contributed by atoms with van der Waals surface area (Å²) < 4.78 is 0.844. The summed E-state index contributed by atoms with van der Waals surface area (Å²) in [6.45, 7) is 1.35. The summed E-state index contributed by atoms with van der Waals surface area (Å²) in [6.07, 6.45) is 0. The maximum Gasteiger partial charge on any atom is 1.00 e. The standard InChI is InChI=1S/C10H8N4O5.K/c1-6-9(14(18)19)10(15)12(11-6)7-2-4-8(5-3-7)13(16)17;/h2-5H,1H3,(H,11,15);/q;+1/p-1. The van der Waals surface area contributed by atoms with Crippen LogP contribution in [0.5, 0.6) is 0 Å². The van der Waals surface area contributed by atoms with Gasteiger partial charge < -0.3 is 9.78 Å². The number of rotatable bonds is 3. The summed E-state index contributed by atoms with van der Waals surface area (Å²) in [5.74, 6) is 0. The minimum atomic E-state index is -0.864. The molecule has 0 bridgehead atoms. The van der Waals surface area contributed by atoms with Crippen LogP contribution in [0.1, 0.15) is 5.69 Å². The molecule has 0 radical (unpaired) electrons. The fraction of sp³-hybridized carbons (Fsp3) is 0.100. The summed E-state index contributed by atoms with van der Waals surface area (Å²) in [4.78, 5) is 31.6. The molecule has 0 saturated carbocycles. The Bertz CT molecular complexity index is 718. The topological polar surface area (TPSA) is 122 Å². The Morgan fingerprint density at radius 1 is 1.10 bits per heavy atom. The van der Waals surface area contributed by atoms with E-state index in [1.165, 1.54) is 31.2 Å². The summed E-state index contributed by atoms with van der Waals surface area (Å²) in [6, 6.07) is 4.99. The van der Waals surface area contributed by atoms with Crippen molar-refractivity contribution in [2.45, 2.75) is 6.92 Å². The quantitative estimate of drug-likeness (QED) is 0.364. The Balaban J connectivity index is 0.00000200. The fourth-order valence-corrected chi connectivity index (χ4v) is 1.60. The Kier molecular flexibility index (Phi) is 5.36. The second-order valence-corrected chi connectivity index (χ2v) is 3.68. The molecule has 10 heteroatoms. The summed E-state index contributed by atoms with van der Waals surface area (Å²) in [5.41, 5.74) is -1.38. The second-order valence-electron chi connectivity index (χ2n) is 3.68. The molecule has 0 unspecified atom stereocenters. The van der Waals surface area contributed by atoms with Crippen molar-refractivity contribution in [1.82, 2.24) is 9.78 Å². The van der Waals surface area contributed by atoms with E-state index < -0.39 is 21.1 Å². The molecule has 2 aromatic rings. The zero-order chi connectivity index (χ0) is 14.2. The third-order valence-electron chi connectivity index (χ3n) is 2.48. The zero-order valence-corrected chi connectivity index (χ0v) is 13.8. The van der Waals surface area contributed by atoms with Crippen LogP contribution in [0.4, 0.5) is 11.4 Å². The van der Waals surface area contributed by atoms with E-state index in [0.29, 0.717) is 0 Å². The third-order valence-corrected chi connectivity index (χ3v) is 2.48. The predicted molar refractivity (Wildman–Crippen MR) is 63.4 cm³/mol. The number of nitro groups is 2. The van der Waals surface area contributed by atoms with Crippen LogP contribution in [0.15, 0.2) is 29.1 Å². The normalized spacial score (nSPS) is 9.85. The Morgan fingerprint density at radius 3 is 2.05 bits per heavy atom. The van der Waals surface area contributed by atoms with E-state index in [1.807, 2.05) is 0 Å². The van der Waals surface area contributed by atoms with Gasteiger partial charge in [0, 0.05) is 17.8 Å². The number of benzene rings is 1. The smallest absolute Gasteiger partial charge is 0.585 e. The van der Waals surface area contributed by atoms with Crippen LogP contribution in [-0.4, -0.2) is 14.5 Å². The average molecular weight is 302 g/mol. The maximum absolute atomic E-state index is 11.8. The van der Waals surface area contributed by atoms with Crippen LogP contribution in [0.2, 0.25) is 0 Å². The molecule has 20 heavy (non-hydrogen) atoms. The van der Waals surface area contributed by atoms with Crippen molar-refractivity contribution in [2.75, 3.05) is 0 Å². The molecule has 1 aromatic carbocycles. The van der Waals surface area contributed by atoms with Crippen LogP contribution in [0, 0.1) is 27.2 Å². The van der Waals surface area contributed by atoms with E-state index >= 15 is 0 Å². The van der Waals surface area contributed by atoms with Gasteiger partial charge in [0.15, 0.2) is 0 Å². The molecular formula is C10H7KN4O5. The first-order valence-electron chi connectivity index (χ1n) is 5.07. The van der Waals surface area contributed by atoms with Gasteiger partial charge in [0.25, 0.3) is 5.69 Å². The van der Waals surface area contributed by atoms with Crippen molar-refractivity contribution in [3.63, 3.8) is 0 Å². The SMILES string of the molecule is Cc1[n-]n(-c2ccc([N+](=O)[O-])cc2)c(=O)c1[N+](=O)[O-].[K+]. The van der Waals surface area contributed by atoms with Gasteiger partial charge in [-0.05, 0) is 12.1 Å². The molecule has 0 atom stereocenters. The molecule has 0 aliphatic rings. The molecule has 9 nitrogen and oxygen atoms in total. The number of hydrogen-bond acceptors (Lipinski definition) is 5. The van der Waals surface area contributed by atoms with Crippen molar-refractivity contribution in [1.29, 1.82) is 0 Å². The van der Waals surface area contributed by atoms with Crippen molar-refractivity contribution >= 4 is 11.4 Å². The van der Waals surface area contributed by atoms with Crippen molar-refractivity contribution in [2.24, 2.45) is 0 Å². The summed E-state index contributed by atoms with van der Waals surface area (Å²) >= 11 is 0. The molecule has 98 valence electrons. The molecule has 0 fully saturated rings. The molecule has 0 spiro atoms. The van der Waals surface area contributed by atoms with E-state index in [9.17, 15) is 25.0 Å². The van der Waals surface area contributed by atoms with E-state index in [4.69, 9.17) is 0 Å². The first-order valence-corrected chi connectivity index (χ1v) is 5.07. The fourth-order valence-electron chi connectivity index (χ4n) is 1.60. The van der Waals surface area contributed by atoms with Gasteiger partial charge in [-0.1, -0.05) is 12.6 Å². The molecule has 2 rings (SSSR count). The minimum Gasteiger partial charge on any atom is -0.585 e. The van der Waals surface area contributed by atoms with Crippen molar-refractivity contribution in [3.8, 4) is 5.69 Å². The van der Waals surface area contributed by atoms with Crippen LogP contribution < -0.4 is 62.0 Å². The molecule has 0 amide bonds. The van der Waals surface area contributed by atoms with Crippen LogP contribution >= 0.6 is 0 Å². The largest absolute Gasteiger partial charge is 1.00 e. The monoisotopic (exact) mass is 302 g/mol. The summed E-state index contributed by atoms with van der Waals surface area (Å²) in [7, 11) is 0. The average Bonchev–Trinajstić information content (AvgIpc) is 2.65. The Hall–Kier alpha value is -1.33. The van der Waals surface area contributed by atoms with Crippen LogP contribution in [0.25, 0.3) is 5.69 Å². The second kappa shape index (κ2) is 6.41. The molecule has 1 aromatic heterocycles. The van der Waals surface area contributed by atoms with E-state index in [0.717, 1.165) is 4.68 Å².